The zero-order chi connectivity index (χ0) is 19.8. The SMILES string of the molecule is CSCC[C@H](N)C(=O)NCc1ccccc1-c1ccc(Cn2ccnc2)cc1. The average Bonchev–Trinajstić information content (AvgIpc) is 3.24. The Labute approximate surface area is 170 Å². The molecule has 3 N–H and O–H groups in total. The summed E-state index contributed by atoms with van der Waals surface area (Å²) < 4.78 is 2.04. The summed E-state index contributed by atoms with van der Waals surface area (Å²) in [7, 11) is 0. The highest BCUT2D eigenvalue weighted by molar-refractivity contribution is 7.98. The van der Waals surface area contributed by atoms with Crippen molar-refractivity contribution in [3.8, 4) is 11.1 Å². The van der Waals surface area contributed by atoms with Crippen molar-refractivity contribution in [3.63, 3.8) is 0 Å². The number of hydrogen-bond acceptors (Lipinski definition) is 4. The number of nitrogens with zero attached hydrogens (tertiary/aromatic N) is 2. The zero-order valence-electron chi connectivity index (χ0n) is 16.0. The predicted molar refractivity (Wildman–Crippen MR) is 116 cm³/mol. The minimum atomic E-state index is -0.456. The van der Waals surface area contributed by atoms with E-state index in [-0.39, 0.29) is 5.91 Å². The number of amides is 1. The van der Waals surface area contributed by atoms with Crippen LogP contribution in [0.25, 0.3) is 11.1 Å². The van der Waals surface area contributed by atoms with E-state index in [1.165, 1.54) is 5.56 Å². The standard InChI is InChI=1S/C22H26N4OS/c1-28-13-10-21(23)22(27)25-14-19-4-2-3-5-20(19)18-8-6-17(7-9-18)15-26-12-11-24-16-26/h2-9,11-12,16,21H,10,13-15,23H2,1H3,(H,25,27)/t21-/m0/s1. The van der Waals surface area contributed by atoms with Crippen molar-refractivity contribution >= 4 is 17.7 Å². The Kier molecular flexibility index (Phi) is 7.28. The molecule has 0 spiro atoms. The number of benzene rings is 2. The molecule has 3 aromatic rings. The first-order valence-electron chi connectivity index (χ1n) is 9.32. The molecule has 0 saturated carbocycles. The van der Waals surface area contributed by atoms with Gasteiger partial charge in [0.15, 0.2) is 0 Å². The fourth-order valence-electron chi connectivity index (χ4n) is 3.03. The molecule has 0 unspecified atom stereocenters. The molecule has 3 rings (SSSR count). The number of aromatic nitrogens is 2. The Hall–Kier alpha value is -2.57. The Bertz CT molecular complexity index is 878. The van der Waals surface area contributed by atoms with E-state index in [0.29, 0.717) is 13.0 Å². The molecule has 1 aromatic heterocycles. The van der Waals surface area contributed by atoms with Crippen molar-refractivity contribution in [2.75, 3.05) is 12.0 Å². The molecule has 6 heteroatoms. The lowest BCUT2D eigenvalue weighted by atomic mass is 9.98. The molecular formula is C22H26N4OS. The maximum atomic E-state index is 12.2. The van der Waals surface area contributed by atoms with Gasteiger partial charge in [0.05, 0.1) is 12.4 Å². The van der Waals surface area contributed by atoms with E-state index in [2.05, 4.69) is 40.6 Å². The predicted octanol–water partition coefficient (Wildman–Crippen LogP) is 3.30. The summed E-state index contributed by atoms with van der Waals surface area (Å²) >= 11 is 1.70. The molecule has 1 heterocycles. The van der Waals surface area contributed by atoms with Gasteiger partial charge in [-0.05, 0) is 40.7 Å². The van der Waals surface area contributed by atoms with Crippen molar-refractivity contribution in [3.05, 3.63) is 78.4 Å². The van der Waals surface area contributed by atoms with Crippen LogP contribution in [0.4, 0.5) is 0 Å². The van der Waals surface area contributed by atoms with Gasteiger partial charge in [0.1, 0.15) is 0 Å². The fraction of sp³-hybridized carbons (Fsp3) is 0.273. The highest BCUT2D eigenvalue weighted by Gasteiger charge is 2.13. The van der Waals surface area contributed by atoms with Crippen molar-refractivity contribution < 1.29 is 4.79 Å². The van der Waals surface area contributed by atoms with E-state index in [1.807, 2.05) is 41.5 Å². The van der Waals surface area contributed by atoms with E-state index >= 15 is 0 Å². The number of nitrogens with one attached hydrogen (secondary N) is 1. The van der Waals surface area contributed by atoms with Gasteiger partial charge in [-0.2, -0.15) is 11.8 Å². The van der Waals surface area contributed by atoms with Crippen molar-refractivity contribution in [1.82, 2.24) is 14.9 Å². The number of rotatable bonds is 9. The molecule has 28 heavy (non-hydrogen) atoms. The van der Waals surface area contributed by atoms with Crippen LogP contribution in [0, 0.1) is 0 Å². The monoisotopic (exact) mass is 394 g/mol. The number of imidazole rings is 1. The van der Waals surface area contributed by atoms with Gasteiger partial charge < -0.3 is 15.6 Å². The maximum Gasteiger partial charge on any atom is 0.237 e. The molecule has 146 valence electrons. The molecule has 1 atom stereocenters. The van der Waals surface area contributed by atoms with Crippen molar-refractivity contribution in [1.29, 1.82) is 0 Å². The van der Waals surface area contributed by atoms with Crippen LogP contribution in [0.1, 0.15) is 17.5 Å². The van der Waals surface area contributed by atoms with Gasteiger partial charge in [-0.15, -0.1) is 0 Å². The summed E-state index contributed by atoms with van der Waals surface area (Å²) in [5, 5.41) is 2.98. The molecule has 0 fully saturated rings. The van der Waals surface area contributed by atoms with Gasteiger partial charge in [-0.3, -0.25) is 4.79 Å². The number of nitrogens with two attached hydrogens (primary N) is 1. The van der Waals surface area contributed by atoms with Crippen LogP contribution in [0.15, 0.2) is 67.3 Å². The van der Waals surface area contributed by atoms with Crippen LogP contribution in [0.5, 0.6) is 0 Å². The fourth-order valence-corrected chi connectivity index (χ4v) is 3.52. The van der Waals surface area contributed by atoms with Gasteiger partial charge in [0.25, 0.3) is 0 Å². The normalized spacial score (nSPS) is 11.9. The Morgan fingerprint density at radius 1 is 1.21 bits per heavy atom. The quantitative estimate of drug-likeness (QED) is 0.584. The van der Waals surface area contributed by atoms with Crippen LogP contribution in [-0.4, -0.2) is 33.5 Å². The Morgan fingerprint density at radius 3 is 2.71 bits per heavy atom. The van der Waals surface area contributed by atoms with Gasteiger partial charge in [0, 0.05) is 25.5 Å². The summed E-state index contributed by atoms with van der Waals surface area (Å²) in [5.41, 5.74) is 10.5. The minimum Gasteiger partial charge on any atom is -0.351 e. The van der Waals surface area contributed by atoms with Crippen LogP contribution in [0.3, 0.4) is 0 Å². The van der Waals surface area contributed by atoms with E-state index in [0.717, 1.165) is 29.0 Å². The lowest BCUT2D eigenvalue weighted by molar-refractivity contribution is -0.122. The lowest BCUT2D eigenvalue weighted by Gasteiger charge is -2.14. The summed E-state index contributed by atoms with van der Waals surface area (Å²) in [6.45, 7) is 1.27. The molecule has 0 aliphatic rings. The van der Waals surface area contributed by atoms with Crippen LogP contribution < -0.4 is 11.1 Å². The second-order valence-electron chi connectivity index (χ2n) is 6.69. The molecular weight excluding hydrogens is 368 g/mol. The van der Waals surface area contributed by atoms with Crippen LogP contribution in [-0.2, 0) is 17.9 Å². The second-order valence-corrected chi connectivity index (χ2v) is 7.68. The third-order valence-electron chi connectivity index (χ3n) is 4.63. The van der Waals surface area contributed by atoms with Gasteiger partial charge in [0.2, 0.25) is 5.91 Å². The molecule has 0 saturated heterocycles. The maximum absolute atomic E-state index is 12.2. The minimum absolute atomic E-state index is 0.0977. The largest absolute Gasteiger partial charge is 0.351 e. The smallest absolute Gasteiger partial charge is 0.237 e. The molecule has 0 aliphatic carbocycles. The van der Waals surface area contributed by atoms with E-state index in [1.54, 1.807) is 18.0 Å². The third-order valence-corrected chi connectivity index (χ3v) is 5.27. The third kappa shape index (κ3) is 5.47. The summed E-state index contributed by atoms with van der Waals surface area (Å²) in [5.74, 6) is 0.788. The second kappa shape index (κ2) is 10.1. The molecule has 0 aliphatic heterocycles. The van der Waals surface area contributed by atoms with Crippen LogP contribution >= 0.6 is 11.8 Å². The highest BCUT2D eigenvalue weighted by Crippen LogP contribution is 2.24. The van der Waals surface area contributed by atoms with Crippen molar-refractivity contribution in [2.24, 2.45) is 5.73 Å². The first-order chi connectivity index (χ1) is 13.7. The highest BCUT2D eigenvalue weighted by atomic mass is 32.2. The number of carbonyl (C=O) groups excluding carboxylic acids is 1. The number of carbonyl (C=O) groups is 1. The lowest BCUT2D eigenvalue weighted by Crippen LogP contribution is -2.40. The van der Waals surface area contributed by atoms with Gasteiger partial charge >= 0.3 is 0 Å². The molecule has 1 amide bonds. The van der Waals surface area contributed by atoms with E-state index in [9.17, 15) is 4.79 Å². The van der Waals surface area contributed by atoms with Gasteiger partial charge in [-0.1, -0.05) is 48.5 Å². The Balaban J connectivity index is 1.67. The first-order valence-corrected chi connectivity index (χ1v) is 10.7. The molecule has 2 aromatic carbocycles. The van der Waals surface area contributed by atoms with Crippen molar-refractivity contribution in [2.45, 2.75) is 25.6 Å². The summed E-state index contributed by atoms with van der Waals surface area (Å²) in [6.07, 6.45) is 8.26. The molecule has 5 nitrogen and oxygen atoms in total. The number of thioether (sulfide) groups is 1. The van der Waals surface area contributed by atoms with Crippen LogP contribution in [0.2, 0.25) is 0 Å². The van der Waals surface area contributed by atoms with Gasteiger partial charge in [-0.25, -0.2) is 4.98 Å². The average molecular weight is 395 g/mol. The molecule has 0 bridgehead atoms. The summed E-state index contributed by atoms with van der Waals surface area (Å²) in [4.78, 5) is 16.3. The topological polar surface area (TPSA) is 72.9 Å². The first kappa shape index (κ1) is 20.2. The van der Waals surface area contributed by atoms with E-state index in [4.69, 9.17) is 5.73 Å². The Morgan fingerprint density at radius 2 is 2.00 bits per heavy atom. The molecule has 0 radical (unpaired) electrons. The van der Waals surface area contributed by atoms with E-state index < -0.39 is 6.04 Å². The number of hydrogen-bond donors (Lipinski definition) is 2. The summed E-state index contributed by atoms with van der Waals surface area (Å²) in [6, 6.07) is 16.2. The zero-order valence-corrected chi connectivity index (χ0v) is 16.9.